The number of carbonyl (C=O) groups is 1. The van der Waals surface area contributed by atoms with Crippen LogP contribution in [0.15, 0.2) is 22.7 Å². The fourth-order valence-corrected chi connectivity index (χ4v) is 1.84. The van der Waals surface area contributed by atoms with Crippen LogP contribution in [0.4, 0.5) is 0 Å². The summed E-state index contributed by atoms with van der Waals surface area (Å²) in [6.07, 6.45) is 2.12. The van der Waals surface area contributed by atoms with Gasteiger partial charge in [0.2, 0.25) is 0 Å². The molecule has 1 aromatic rings. The van der Waals surface area contributed by atoms with Gasteiger partial charge in [-0.2, -0.15) is 0 Å². The smallest absolute Gasteiger partial charge is 0.335 e. The molecule has 0 fully saturated rings. The average Bonchev–Trinajstić information content (AvgIpc) is 2.32. The van der Waals surface area contributed by atoms with Crippen LogP contribution in [-0.4, -0.2) is 17.7 Å². The number of rotatable bonds is 6. The topological polar surface area (TPSA) is 46.5 Å². The molecule has 1 rings (SSSR count). The highest BCUT2D eigenvalue weighted by Gasteiger charge is 2.10. The van der Waals surface area contributed by atoms with Gasteiger partial charge < -0.3 is 9.84 Å². The molecule has 0 saturated heterocycles. The molecule has 0 aromatic heterocycles. The van der Waals surface area contributed by atoms with E-state index in [9.17, 15) is 4.79 Å². The molecule has 0 radical (unpaired) electrons. The third kappa shape index (κ3) is 4.04. The van der Waals surface area contributed by atoms with Gasteiger partial charge in [-0.15, -0.1) is 0 Å². The Hall–Kier alpha value is -1.03. The first-order valence-electron chi connectivity index (χ1n) is 5.74. The molecule has 17 heavy (non-hydrogen) atoms. The summed E-state index contributed by atoms with van der Waals surface area (Å²) in [7, 11) is 0. The zero-order valence-corrected chi connectivity index (χ0v) is 11.7. The summed E-state index contributed by atoms with van der Waals surface area (Å²) in [4.78, 5) is 10.8. The molecular formula is C13H17BrO3. The maximum absolute atomic E-state index is 10.8. The maximum atomic E-state index is 10.8. The van der Waals surface area contributed by atoms with Gasteiger partial charge in [-0.05, 0) is 40.0 Å². The van der Waals surface area contributed by atoms with Crippen molar-refractivity contribution in [2.75, 3.05) is 6.61 Å². The molecule has 0 spiro atoms. The van der Waals surface area contributed by atoms with Crippen molar-refractivity contribution >= 4 is 21.9 Å². The molecule has 1 N–H and O–H groups in total. The van der Waals surface area contributed by atoms with E-state index in [0.29, 0.717) is 18.3 Å². The molecule has 0 atom stereocenters. The second-order valence-corrected chi connectivity index (χ2v) is 4.80. The van der Waals surface area contributed by atoms with Crippen molar-refractivity contribution in [2.24, 2.45) is 5.92 Å². The molecule has 4 heteroatoms. The van der Waals surface area contributed by atoms with E-state index in [1.165, 1.54) is 0 Å². The van der Waals surface area contributed by atoms with Gasteiger partial charge in [0.25, 0.3) is 0 Å². The molecular weight excluding hydrogens is 284 g/mol. The van der Waals surface area contributed by atoms with E-state index in [1.54, 1.807) is 18.2 Å². The van der Waals surface area contributed by atoms with E-state index < -0.39 is 5.97 Å². The summed E-state index contributed by atoms with van der Waals surface area (Å²) in [6, 6.07) is 4.80. The first kappa shape index (κ1) is 14.0. The Bertz CT molecular complexity index is 386. The predicted octanol–water partition coefficient (Wildman–Crippen LogP) is 3.96. The summed E-state index contributed by atoms with van der Waals surface area (Å²) in [5.74, 6) is 0.164. The summed E-state index contributed by atoms with van der Waals surface area (Å²) in [6.45, 7) is 4.87. The standard InChI is InChI=1S/C13H17BrO3/c1-3-9(4-2)8-17-12-7-10(13(15)16)5-6-11(12)14/h5-7,9H,3-4,8H2,1-2H3,(H,15,16). The number of benzene rings is 1. The summed E-state index contributed by atoms with van der Waals surface area (Å²) >= 11 is 3.36. The Balaban J connectivity index is 2.75. The minimum Gasteiger partial charge on any atom is -0.492 e. The zero-order valence-electron chi connectivity index (χ0n) is 10.1. The lowest BCUT2D eigenvalue weighted by molar-refractivity contribution is 0.0696. The van der Waals surface area contributed by atoms with Crippen LogP contribution < -0.4 is 4.74 Å². The van der Waals surface area contributed by atoms with E-state index in [-0.39, 0.29) is 5.56 Å². The second kappa shape index (κ2) is 6.64. The van der Waals surface area contributed by atoms with E-state index in [0.717, 1.165) is 17.3 Å². The minimum atomic E-state index is -0.940. The van der Waals surface area contributed by atoms with Crippen LogP contribution in [0.3, 0.4) is 0 Å². The molecule has 0 aliphatic rings. The Morgan fingerprint density at radius 3 is 2.59 bits per heavy atom. The molecule has 3 nitrogen and oxygen atoms in total. The maximum Gasteiger partial charge on any atom is 0.335 e. The van der Waals surface area contributed by atoms with Crippen molar-refractivity contribution in [1.29, 1.82) is 0 Å². The molecule has 0 unspecified atom stereocenters. The number of carboxylic acid groups (broad SMARTS) is 1. The van der Waals surface area contributed by atoms with E-state index in [1.807, 2.05) is 0 Å². The highest BCUT2D eigenvalue weighted by Crippen LogP contribution is 2.27. The van der Waals surface area contributed by atoms with Gasteiger partial charge in [-0.1, -0.05) is 26.7 Å². The van der Waals surface area contributed by atoms with Crippen LogP contribution >= 0.6 is 15.9 Å². The fraction of sp³-hybridized carbons (Fsp3) is 0.462. The average molecular weight is 301 g/mol. The molecule has 0 heterocycles. The van der Waals surface area contributed by atoms with Crippen LogP contribution in [0.5, 0.6) is 5.75 Å². The Kier molecular flexibility index (Phi) is 5.48. The van der Waals surface area contributed by atoms with Crippen LogP contribution in [0.25, 0.3) is 0 Å². The highest BCUT2D eigenvalue weighted by molar-refractivity contribution is 9.10. The molecule has 1 aromatic carbocycles. The summed E-state index contributed by atoms with van der Waals surface area (Å²) < 4.78 is 6.45. The van der Waals surface area contributed by atoms with Crippen LogP contribution in [-0.2, 0) is 0 Å². The van der Waals surface area contributed by atoms with Gasteiger partial charge in [0.15, 0.2) is 0 Å². The first-order chi connectivity index (χ1) is 8.08. The fourth-order valence-electron chi connectivity index (χ4n) is 1.48. The lowest BCUT2D eigenvalue weighted by Gasteiger charge is -2.15. The highest BCUT2D eigenvalue weighted by atomic mass is 79.9. The van der Waals surface area contributed by atoms with Gasteiger partial charge in [-0.3, -0.25) is 0 Å². The Labute approximate surface area is 110 Å². The predicted molar refractivity (Wildman–Crippen MR) is 70.7 cm³/mol. The van der Waals surface area contributed by atoms with Gasteiger partial charge in [-0.25, -0.2) is 4.79 Å². The second-order valence-electron chi connectivity index (χ2n) is 3.94. The van der Waals surface area contributed by atoms with Crippen molar-refractivity contribution < 1.29 is 14.6 Å². The van der Waals surface area contributed by atoms with Crippen LogP contribution in [0, 0.1) is 5.92 Å². The molecule has 0 aliphatic carbocycles. The van der Waals surface area contributed by atoms with Crippen molar-refractivity contribution in [3.05, 3.63) is 28.2 Å². The third-order valence-electron chi connectivity index (χ3n) is 2.81. The SMILES string of the molecule is CCC(CC)COc1cc(C(=O)O)ccc1Br. The molecule has 94 valence electrons. The Morgan fingerprint density at radius 2 is 2.06 bits per heavy atom. The van der Waals surface area contributed by atoms with Crippen LogP contribution in [0.1, 0.15) is 37.0 Å². The lowest BCUT2D eigenvalue weighted by Crippen LogP contribution is -2.10. The molecule has 0 saturated carbocycles. The van der Waals surface area contributed by atoms with E-state index in [4.69, 9.17) is 9.84 Å². The normalized spacial score (nSPS) is 10.6. The molecule has 0 bridgehead atoms. The number of carboxylic acids is 1. The number of aromatic carboxylic acids is 1. The quantitative estimate of drug-likeness (QED) is 0.865. The number of ether oxygens (including phenoxy) is 1. The zero-order chi connectivity index (χ0) is 12.8. The molecule has 0 aliphatic heterocycles. The van der Waals surface area contributed by atoms with Gasteiger partial charge in [0, 0.05) is 0 Å². The number of halogens is 1. The number of hydrogen-bond donors (Lipinski definition) is 1. The van der Waals surface area contributed by atoms with E-state index in [2.05, 4.69) is 29.8 Å². The van der Waals surface area contributed by atoms with Gasteiger partial charge >= 0.3 is 5.97 Å². The van der Waals surface area contributed by atoms with Gasteiger partial charge in [0.05, 0.1) is 16.6 Å². The third-order valence-corrected chi connectivity index (χ3v) is 3.46. The summed E-state index contributed by atoms with van der Waals surface area (Å²) in [5.41, 5.74) is 0.243. The Morgan fingerprint density at radius 1 is 1.41 bits per heavy atom. The van der Waals surface area contributed by atoms with Gasteiger partial charge in [0.1, 0.15) is 5.75 Å². The molecule has 0 amide bonds. The first-order valence-corrected chi connectivity index (χ1v) is 6.53. The van der Waals surface area contributed by atoms with Crippen LogP contribution in [0.2, 0.25) is 0 Å². The van der Waals surface area contributed by atoms with Crippen molar-refractivity contribution in [3.63, 3.8) is 0 Å². The van der Waals surface area contributed by atoms with Crippen molar-refractivity contribution in [1.82, 2.24) is 0 Å². The monoisotopic (exact) mass is 300 g/mol. The van der Waals surface area contributed by atoms with Crippen molar-refractivity contribution in [3.8, 4) is 5.75 Å². The van der Waals surface area contributed by atoms with Crippen molar-refractivity contribution in [2.45, 2.75) is 26.7 Å². The summed E-state index contributed by atoms with van der Waals surface area (Å²) in [5, 5.41) is 8.90. The minimum absolute atomic E-state index is 0.243. The lowest BCUT2D eigenvalue weighted by atomic mass is 10.1. The number of hydrogen-bond acceptors (Lipinski definition) is 2. The largest absolute Gasteiger partial charge is 0.492 e. The van der Waals surface area contributed by atoms with E-state index >= 15 is 0 Å².